The van der Waals surface area contributed by atoms with Gasteiger partial charge in [-0.1, -0.05) is 12.1 Å². The molecule has 0 amide bonds. The van der Waals surface area contributed by atoms with E-state index in [2.05, 4.69) is 5.32 Å². The molecule has 0 aliphatic heterocycles. The standard InChI is InChI=1S/C12H17NO3/c1-13-10(8-12(14)15)7-9-3-5-11(16-2)6-4-9/h3-6,10,13H,7-8H2,1-2H3,(H,14,15). The normalized spacial score (nSPS) is 12.1. The lowest BCUT2D eigenvalue weighted by molar-refractivity contribution is -0.137. The van der Waals surface area contributed by atoms with Crippen LogP contribution in [0.3, 0.4) is 0 Å². The van der Waals surface area contributed by atoms with Crippen LogP contribution in [0.2, 0.25) is 0 Å². The third kappa shape index (κ3) is 3.90. The first kappa shape index (κ1) is 12.5. The SMILES string of the molecule is CNC(CC(=O)O)Cc1ccc(OC)cc1. The average molecular weight is 223 g/mol. The van der Waals surface area contributed by atoms with Gasteiger partial charge in [0.05, 0.1) is 13.5 Å². The van der Waals surface area contributed by atoms with E-state index in [9.17, 15) is 4.79 Å². The van der Waals surface area contributed by atoms with E-state index in [1.54, 1.807) is 14.2 Å². The molecule has 0 heterocycles. The molecule has 0 radical (unpaired) electrons. The lowest BCUT2D eigenvalue weighted by Crippen LogP contribution is -2.30. The van der Waals surface area contributed by atoms with Crippen molar-refractivity contribution in [2.45, 2.75) is 18.9 Å². The molecule has 1 aromatic carbocycles. The Balaban J connectivity index is 2.59. The number of rotatable bonds is 6. The van der Waals surface area contributed by atoms with E-state index < -0.39 is 5.97 Å². The highest BCUT2D eigenvalue weighted by Crippen LogP contribution is 2.13. The van der Waals surface area contributed by atoms with Gasteiger partial charge in [-0.25, -0.2) is 0 Å². The van der Waals surface area contributed by atoms with E-state index in [0.717, 1.165) is 11.3 Å². The van der Waals surface area contributed by atoms with E-state index in [0.29, 0.717) is 6.42 Å². The number of nitrogens with one attached hydrogen (secondary N) is 1. The van der Waals surface area contributed by atoms with Gasteiger partial charge in [0.2, 0.25) is 0 Å². The van der Waals surface area contributed by atoms with Crippen LogP contribution in [-0.2, 0) is 11.2 Å². The fourth-order valence-corrected chi connectivity index (χ4v) is 1.53. The molecule has 0 fully saturated rings. The van der Waals surface area contributed by atoms with Crippen LogP contribution in [0.25, 0.3) is 0 Å². The molecule has 0 saturated carbocycles. The first-order valence-electron chi connectivity index (χ1n) is 5.17. The highest BCUT2D eigenvalue weighted by Gasteiger charge is 2.11. The Morgan fingerprint density at radius 2 is 2.06 bits per heavy atom. The van der Waals surface area contributed by atoms with Crippen molar-refractivity contribution in [3.05, 3.63) is 29.8 Å². The van der Waals surface area contributed by atoms with E-state index in [1.807, 2.05) is 24.3 Å². The zero-order valence-electron chi connectivity index (χ0n) is 9.56. The van der Waals surface area contributed by atoms with E-state index in [4.69, 9.17) is 9.84 Å². The largest absolute Gasteiger partial charge is 0.497 e. The van der Waals surface area contributed by atoms with Gasteiger partial charge in [-0.05, 0) is 31.2 Å². The Morgan fingerprint density at radius 3 is 2.50 bits per heavy atom. The number of carboxylic acid groups (broad SMARTS) is 1. The van der Waals surface area contributed by atoms with Crippen molar-refractivity contribution in [2.75, 3.05) is 14.2 Å². The monoisotopic (exact) mass is 223 g/mol. The fourth-order valence-electron chi connectivity index (χ4n) is 1.53. The molecule has 16 heavy (non-hydrogen) atoms. The second kappa shape index (κ2) is 6.12. The van der Waals surface area contributed by atoms with Gasteiger partial charge >= 0.3 is 5.97 Å². The number of methoxy groups -OCH3 is 1. The second-order valence-electron chi connectivity index (χ2n) is 3.64. The van der Waals surface area contributed by atoms with Crippen molar-refractivity contribution < 1.29 is 14.6 Å². The van der Waals surface area contributed by atoms with Gasteiger partial charge in [-0.2, -0.15) is 0 Å². The summed E-state index contributed by atoms with van der Waals surface area (Å²) >= 11 is 0. The molecule has 1 unspecified atom stereocenters. The lowest BCUT2D eigenvalue weighted by Gasteiger charge is -2.13. The molecule has 0 aliphatic rings. The number of carboxylic acids is 1. The Morgan fingerprint density at radius 1 is 1.44 bits per heavy atom. The number of carbonyl (C=O) groups is 1. The summed E-state index contributed by atoms with van der Waals surface area (Å²) in [7, 11) is 3.40. The minimum Gasteiger partial charge on any atom is -0.497 e. The summed E-state index contributed by atoms with van der Waals surface area (Å²) in [5.74, 6) is 0.0239. The molecule has 2 N–H and O–H groups in total. The molecule has 1 rings (SSSR count). The third-order valence-corrected chi connectivity index (χ3v) is 2.47. The first-order valence-corrected chi connectivity index (χ1v) is 5.17. The van der Waals surface area contributed by atoms with Gasteiger partial charge in [0.15, 0.2) is 0 Å². The van der Waals surface area contributed by atoms with Gasteiger partial charge in [-0.15, -0.1) is 0 Å². The predicted octanol–water partition coefficient (Wildman–Crippen LogP) is 1.30. The van der Waals surface area contributed by atoms with Crippen LogP contribution in [0, 0.1) is 0 Å². The zero-order valence-corrected chi connectivity index (χ0v) is 9.56. The van der Waals surface area contributed by atoms with Gasteiger partial charge in [0.1, 0.15) is 5.75 Å². The molecule has 0 bridgehead atoms. The maximum atomic E-state index is 10.6. The summed E-state index contributed by atoms with van der Waals surface area (Å²) in [6.07, 6.45) is 0.829. The number of ether oxygens (including phenoxy) is 1. The van der Waals surface area contributed by atoms with Crippen molar-refractivity contribution in [3.8, 4) is 5.75 Å². The molecule has 0 saturated heterocycles. The topological polar surface area (TPSA) is 58.6 Å². The number of aliphatic carboxylic acids is 1. The second-order valence-corrected chi connectivity index (χ2v) is 3.64. The fraction of sp³-hybridized carbons (Fsp3) is 0.417. The van der Waals surface area contributed by atoms with Gasteiger partial charge in [0, 0.05) is 6.04 Å². The van der Waals surface area contributed by atoms with E-state index >= 15 is 0 Å². The molecular weight excluding hydrogens is 206 g/mol. The van der Waals surface area contributed by atoms with Crippen molar-refractivity contribution in [1.82, 2.24) is 5.32 Å². The Kier molecular flexibility index (Phi) is 4.79. The summed E-state index contributed by atoms with van der Waals surface area (Å²) in [4.78, 5) is 10.6. The van der Waals surface area contributed by atoms with E-state index in [1.165, 1.54) is 0 Å². The van der Waals surface area contributed by atoms with Crippen LogP contribution in [0.15, 0.2) is 24.3 Å². The van der Waals surface area contributed by atoms with Crippen LogP contribution >= 0.6 is 0 Å². The predicted molar refractivity (Wildman–Crippen MR) is 61.8 cm³/mol. The molecule has 4 nitrogen and oxygen atoms in total. The van der Waals surface area contributed by atoms with E-state index in [-0.39, 0.29) is 12.5 Å². The van der Waals surface area contributed by atoms with Crippen LogP contribution < -0.4 is 10.1 Å². The Bertz CT molecular complexity index is 335. The molecule has 1 aromatic rings. The van der Waals surface area contributed by atoms with Gasteiger partial charge < -0.3 is 15.2 Å². The lowest BCUT2D eigenvalue weighted by atomic mass is 10.0. The Hall–Kier alpha value is -1.55. The summed E-state index contributed by atoms with van der Waals surface area (Å²) in [6.45, 7) is 0. The van der Waals surface area contributed by atoms with Crippen LogP contribution in [0.5, 0.6) is 5.75 Å². The van der Waals surface area contributed by atoms with Crippen molar-refractivity contribution in [3.63, 3.8) is 0 Å². The summed E-state index contributed by atoms with van der Waals surface area (Å²) < 4.78 is 5.06. The van der Waals surface area contributed by atoms with Gasteiger partial charge in [0.25, 0.3) is 0 Å². The number of benzene rings is 1. The third-order valence-electron chi connectivity index (χ3n) is 2.47. The summed E-state index contributed by atoms with van der Waals surface area (Å²) in [6, 6.07) is 7.62. The van der Waals surface area contributed by atoms with Crippen LogP contribution in [0.1, 0.15) is 12.0 Å². The molecule has 0 aromatic heterocycles. The maximum absolute atomic E-state index is 10.6. The van der Waals surface area contributed by atoms with Crippen LogP contribution in [0.4, 0.5) is 0 Å². The van der Waals surface area contributed by atoms with Crippen LogP contribution in [-0.4, -0.2) is 31.3 Å². The highest BCUT2D eigenvalue weighted by atomic mass is 16.5. The smallest absolute Gasteiger partial charge is 0.304 e. The average Bonchev–Trinajstić information content (AvgIpc) is 2.28. The zero-order chi connectivity index (χ0) is 12.0. The molecule has 0 spiro atoms. The maximum Gasteiger partial charge on any atom is 0.304 e. The first-order chi connectivity index (χ1) is 7.65. The minimum atomic E-state index is -0.784. The number of likely N-dealkylation sites (N-methyl/N-ethyl adjacent to an activating group) is 1. The highest BCUT2D eigenvalue weighted by molar-refractivity contribution is 5.67. The molecule has 0 aliphatic carbocycles. The molecule has 4 heteroatoms. The molecule has 88 valence electrons. The minimum absolute atomic E-state index is 0.0362. The van der Waals surface area contributed by atoms with Crippen molar-refractivity contribution in [2.24, 2.45) is 0 Å². The summed E-state index contributed by atoms with van der Waals surface area (Å²) in [5, 5.41) is 11.7. The van der Waals surface area contributed by atoms with Crippen molar-refractivity contribution in [1.29, 1.82) is 0 Å². The molecule has 1 atom stereocenters. The summed E-state index contributed by atoms with van der Waals surface area (Å²) in [5.41, 5.74) is 1.10. The quantitative estimate of drug-likeness (QED) is 0.763. The van der Waals surface area contributed by atoms with Gasteiger partial charge in [-0.3, -0.25) is 4.79 Å². The number of hydrogen-bond donors (Lipinski definition) is 2. The van der Waals surface area contributed by atoms with Crippen molar-refractivity contribution >= 4 is 5.97 Å². The Labute approximate surface area is 95.2 Å². The molecular formula is C12H17NO3. The number of hydrogen-bond acceptors (Lipinski definition) is 3.